The van der Waals surface area contributed by atoms with Crippen molar-refractivity contribution in [2.45, 2.75) is 303 Å². The second-order valence-electron chi connectivity index (χ2n) is 19.2. The van der Waals surface area contributed by atoms with Crippen molar-refractivity contribution in [2.24, 2.45) is 0 Å². The maximum Gasteiger partial charge on any atom is 0.306 e. The molecule has 384 valence electrons. The average Bonchev–Trinajstić information content (AvgIpc) is 3.31. The molecule has 0 fully saturated rings. The molecule has 0 aromatic carbocycles. The van der Waals surface area contributed by atoms with E-state index in [0.717, 1.165) is 96.3 Å². The summed E-state index contributed by atoms with van der Waals surface area (Å²) in [6.07, 6.45) is 67.0. The molecule has 0 spiro atoms. The molecule has 0 aliphatic heterocycles. The standard InChI is InChI=1S/C60H108O6/c1-4-7-10-13-16-19-21-23-24-25-26-27-28-29-30-31-32-33-34-35-36-38-39-41-44-47-50-53-59(62)65-56-57(55-64-58(61)52-49-46-43-18-15-12-9-6-3)66-60(63)54-51-48-45-42-40-37-22-20-17-14-11-8-5-2/h11,14,20-23,25-26,57H,4-10,12-13,15-19,24,27-56H2,1-3H3/b14-11-,22-20-,23-21-,26-25-. The Bertz CT molecular complexity index is 1150. The molecule has 6 heteroatoms. The Morgan fingerprint density at radius 2 is 0.576 bits per heavy atom. The molecule has 1 atom stereocenters. The van der Waals surface area contributed by atoms with Gasteiger partial charge < -0.3 is 14.2 Å². The van der Waals surface area contributed by atoms with E-state index in [1.807, 2.05) is 0 Å². The van der Waals surface area contributed by atoms with Crippen molar-refractivity contribution in [3.8, 4) is 0 Å². The molecule has 0 aromatic rings. The lowest BCUT2D eigenvalue weighted by Crippen LogP contribution is -2.30. The van der Waals surface area contributed by atoms with Crippen molar-refractivity contribution >= 4 is 17.9 Å². The Labute approximate surface area is 409 Å². The number of esters is 3. The van der Waals surface area contributed by atoms with Crippen molar-refractivity contribution in [1.82, 2.24) is 0 Å². The normalized spacial score (nSPS) is 12.3. The third kappa shape index (κ3) is 52.3. The smallest absolute Gasteiger partial charge is 0.306 e. The van der Waals surface area contributed by atoms with Gasteiger partial charge in [-0.25, -0.2) is 0 Å². The molecule has 0 saturated carbocycles. The van der Waals surface area contributed by atoms with Crippen LogP contribution >= 0.6 is 0 Å². The molecule has 0 radical (unpaired) electrons. The van der Waals surface area contributed by atoms with Gasteiger partial charge in [0.1, 0.15) is 13.2 Å². The number of allylic oxidation sites excluding steroid dienone is 8. The molecular formula is C60H108O6. The van der Waals surface area contributed by atoms with Gasteiger partial charge in [-0.2, -0.15) is 0 Å². The summed E-state index contributed by atoms with van der Waals surface area (Å²) in [4.78, 5) is 37.9. The Morgan fingerprint density at radius 3 is 0.894 bits per heavy atom. The molecule has 0 amide bonds. The van der Waals surface area contributed by atoms with E-state index in [4.69, 9.17) is 14.2 Å². The molecule has 6 nitrogen and oxygen atoms in total. The molecule has 0 aliphatic rings. The number of carbonyl (C=O) groups is 3. The Morgan fingerprint density at radius 1 is 0.303 bits per heavy atom. The summed E-state index contributed by atoms with van der Waals surface area (Å²) < 4.78 is 16.8. The van der Waals surface area contributed by atoms with Gasteiger partial charge in [-0.1, -0.05) is 249 Å². The van der Waals surface area contributed by atoms with Crippen LogP contribution in [0.5, 0.6) is 0 Å². The van der Waals surface area contributed by atoms with Crippen LogP contribution in [0.3, 0.4) is 0 Å². The van der Waals surface area contributed by atoms with Crippen LogP contribution in [0, 0.1) is 0 Å². The van der Waals surface area contributed by atoms with Crippen molar-refractivity contribution in [1.29, 1.82) is 0 Å². The third-order valence-corrected chi connectivity index (χ3v) is 12.5. The van der Waals surface area contributed by atoms with Gasteiger partial charge in [0, 0.05) is 19.3 Å². The van der Waals surface area contributed by atoms with Crippen LogP contribution in [0.15, 0.2) is 48.6 Å². The number of hydrogen-bond donors (Lipinski definition) is 0. The first-order valence-electron chi connectivity index (χ1n) is 28.6. The molecule has 1 unspecified atom stereocenters. The SMILES string of the molecule is CCC/C=C\C/C=C\CCCCCCCC(=O)OC(COC(=O)CCCCCCCCCC)COC(=O)CCCCCCCCCCCCCCCCC/C=C\C/C=C\CCCCCCC. The number of ether oxygens (including phenoxy) is 3. The van der Waals surface area contributed by atoms with E-state index in [-0.39, 0.29) is 31.1 Å². The van der Waals surface area contributed by atoms with E-state index in [9.17, 15) is 14.4 Å². The highest BCUT2D eigenvalue weighted by molar-refractivity contribution is 5.71. The monoisotopic (exact) mass is 925 g/mol. The Hall–Kier alpha value is -2.63. The summed E-state index contributed by atoms with van der Waals surface area (Å²) in [5, 5.41) is 0. The van der Waals surface area contributed by atoms with E-state index >= 15 is 0 Å². The highest BCUT2D eigenvalue weighted by Gasteiger charge is 2.19. The van der Waals surface area contributed by atoms with Crippen LogP contribution in [0.1, 0.15) is 297 Å². The van der Waals surface area contributed by atoms with Crippen LogP contribution < -0.4 is 0 Å². The van der Waals surface area contributed by atoms with Gasteiger partial charge in [0.15, 0.2) is 6.10 Å². The topological polar surface area (TPSA) is 78.9 Å². The van der Waals surface area contributed by atoms with Crippen molar-refractivity contribution in [3.63, 3.8) is 0 Å². The highest BCUT2D eigenvalue weighted by atomic mass is 16.6. The lowest BCUT2D eigenvalue weighted by molar-refractivity contribution is -0.167. The molecule has 0 N–H and O–H groups in total. The largest absolute Gasteiger partial charge is 0.462 e. The first-order chi connectivity index (χ1) is 32.5. The van der Waals surface area contributed by atoms with Gasteiger partial charge in [0.2, 0.25) is 0 Å². The zero-order valence-electron chi connectivity index (χ0n) is 44.0. The van der Waals surface area contributed by atoms with Gasteiger partial charge in [0.05, 0.1) is 0 Å². The lowest BCUT2D eigenvalue weighted by Gasteiger charge is -2.18. The summed E-state index contributed by atoms with van der Waals surface area (Å²) in [6, 6.07) is 0. The van der Waals surface area contributed by atoms with Crippen molar-refractivity contribution in [2.75, 3.05) is 13.2 Å². The minimum atomic E-state index is -0.775. The summed E-state index contributed by atoms with van der Waals surface area (Å²) in [5.74, 6) is -0.885. The first-order valence-corrected chi connectivity index (χ1v) is 28.6. The van der Waals surface area contributed by atoms with E-state index in [1.165, 1.54) is 161 Å². The fourth-order valence-electron chi connectivity index (χ4n) is 8.22. The van der Waals surface area contributed by atoms with E-state index in [0.29, 0.717) is 19.3 Å². The minimum Gasteiger partial charge on any atom is -0.462 e. The third-order valence-electron chi connectivity index (χ3n) is 12.5. The molecule has 0 bridgehead atoms. The summed E-state index contributed by atoms with van der Waals surface area (Å²) in [7, 11) is 0. The first kappa shape index (κ1) is 63.4. The summed E-state index contributed by atoms with van der Waals surface area (Å²) in [6.45, 7) is 6.54. The molecule has 66 heavy (non-hydrogen) atoms. The predicted octanol–water partition coefficient (Wildman–Crippen LogP) is 19.0. The number of carbonyl (C=O) groups excluding carboxylic acids is 3. The maximum absolute atomic E-state index is 12.8. The van der Waals surface area contributed by atoms with Gasteiger partial charge in [-0.15, -0.1) is 0 Å². The van der Waals surface area contributed by atoms with E-state index < -0.39 is 6.10 Å². The van der Waals surface area contributed by atoms with Crippen molar-refractivity contribution < 1.29 is 28.6 Å². The summed E-state index contributed by atoms with van der Waals surface area (Å²) in [5.41, 5.74) is 0. The zero-order valence-corrected chi connectivity index (χ0v) is 44.0. The minimum absolute atomic E-state index is 0.0762. The van der Waals surface area contributed by atoms with E-state index in [1.54, 1.807) is 0 Å². The number of rotatable bonds is 52. The zero-order chi connectivity index (χ0) is 47.9. The summed E-state index contributed by atoms with van der Waals surface area (Å²) >= 11 is 0. The van der Waals surface area contributed by atoms with Gasteiger partial charge >= 0.3 is 17.9 Å². The Balaban J connectivity index is 4.10. The van der Waals surface area contributed by atoms with Crippen LogP contribution in [-0.4, -0.2) is 37.2 Å². The fourth-order valence-corrected chi connectivity index (χ4v) is 8.22. The Kier molecular flexibility index (Phi) is 52.8. The van der Waals surface area contributed by atoms with Crippen LogP contribution in [0.25, 0.3) is 0 Å². The molecule has 0 rings (SSSR count). The molecule has 0 aliphatic carbocycles. The van der Waals surface area contributed by atoms with Crippen LogP contribution in [0.4, 0.5) is 0 Å². The highest BCUT2D eigenvalue weighted by Crippen LogP contribution is 2.16. The quantitative estimate of drug-likeness (QED) is 0.0262. The maximum atomic E-state index is 12.8. The van der Waals surface area contributed by atoms with Gasteiger partial charge in [-0.05, 0) is 77.0 Å². The predicted molar refractivity (Wildman–Crippen MR) is 284 cm³/mol. The second-order valence-corrected chi connectivity index (χ2v) is 19.2. The fraction of sp³-hybridized carbons (Fsp3) is 0.817. The number of unbranched alkanes of at least 4 members (excludes halogenated alkanes) is 33. The van der Waals surface area contributed by atoms with Crippen molar-refractivity contribution in [3.05, 3.63) is 48.6 Å². The van der Waals surface area contributed by atoms with Gasteiger partial charge in [-0.3, -0.25) is 14.4 Å². The lowest BCUT2D eigenvalue weighted by atomic mass is 10.0. The number of hydrogen-bond acceptors (Lipinski definition) is 6. The molecule has 0 saturated heterocycles. The van der Waals surface area contributed by atoms with Gasteiger partial charge in [0.25, 0.3) is 0 Å². The van der Waals surface area contributed by atoms with E-state index in [2.05, 4.69) is 69.4 Å². The second kappa shape index (κ2) is 55.0. The molecule has 0 heterocycles. The van der Waals surface area contributed by atoms with Crippen LogP contribution in [-0.2, 0) is 28.6 Å². The van der Waals surface area contributed by atoms with Crippen LogP contribution in [0.2, 0.25) is 0 Å². The molecular weight excluding hydrogens is 817 g/mol. The average molecular weight is 926 g/mol. The molecule has 0 aromatic heterocycles.